The van der Waals surface area contributed by atoms with E-state index in [1.54, 1.807) is 0 Å². The predicted octanol–water partition coefficient (Wildman–Crippen LogP) is 1.78. The number of rotatable bonds is 5. The summed E-state index contributed by atoms with van der Waals surface area (Å²) in [7, 11) is 0. The van der Waals surface area contributed by atoms with Crippen molar-refractivity contribution < 1.29 is 18.7 Å². The van der Waals surface area contributed by atoms with E-state index in [1.165, 1.54) is 10.9 Å². The van der Waals surface area contributed by atoms with Crippen LogP contribution in [0.1, 0.15) is 5.56 Å². The summed E-state index contributed by atoms with van der Waals surface area (Å²) in [4.78, 5) is 10.5. The quantitative estimate of drug-likeness (QED) is 0.848. The molecular formula is C11H9F2N3O2S. The zero-order chi connectivity index (χ0) is 13.8. The van der Waals surface area contributed by atoms with E-state index < -0.39 is 17.6 Å². The van der Waals surface area contributed by atoms with Crippen molar-refractivity contribution in [2.24, 2.45) is 0 Å². The summed E-state index contributed by atoms with van der Waals surface area (Å²) in [5.41, 5.74) is 0.150. The molecule has 0 aliphatic rings. The van der Waals surface area contributed by atoms with Gasteiger partial charge in [0.2, 0.25) is 0 Å². The van der Waals surface area contributed by atoms with Crippen molar-refractivity contribution in [2.45, 2.75) is 11.7 Å². The smallest absolute Gasteiger partial charge is 0.313 e. The van der Waals surface area contributed by atoms with Crippen LogP contribution < -0.4 is 0 Å². The predicted molar refractivity (Wildman–Crippen MR) is 63.8 cm³/mol. The minimum Gasteiger partial charge on any atom is -0.481 e. The molecule has 100 valence electrons. The van der Waals surface area contributed by atoms with Crippen LogP contribution in [0.15, 0.2) is 29.7 Å². The second-order valence-electron chi connectivity index (χ2n) is 3.66. The molecule has 1 heterocycles. The van der Waals surface area contributed by atoms with Crippen LogP contribution in [0.2, 0.25) is 0 Å². The molecule has 2 rings (SSSR count). The Kier molecular flexibility index (Phi) is 4.10. The molecule has 1 N–H and O–H groups in total. The molecule has 0 saturated carbocycles. The normalized spacial score (nSPS) is 10.6. The third-order valence-electron chi connectivity index (χ3n) is 2.25. The number of hydrogen-bond acceptors (Lipinski definition) is 4. The largest absolute Gasteiger partial charge is 0.481 e. The zero-order valence-electron chi connectivity index (χ0n) is 9.58. The molecule has 0 spiro atoms. The van der Waals surface area contributed by atoms with Gasteiger partial charge >= 0.3 is 5.97 Å². The molecule has 0 radical (unpaired) electrons. The number of thioether (sulfide) groups is 1. The van der Waals surface area contributed by atoms with E-state index in [0.29, 0.717) is 5.16 Å². The number of aliphatic carboxylic acids is 1. The Labute approximate surface area is 111 Å². The Balaban J connectivity index is 2.17. The number of carbonyl (C=O) groups is 1. The van der Waals surface area contributed by atoms with Crippen LogP contribution in [0.5, 0.6) is 0 Å². The van der Waals surface area contributed by atoms with E-state index in [-0.39, 0.29) is 17.9 Å². The highest BCUT2D eigenvalue weighted by atomic mass is 32.2. The maximum absolute atomic E-state index is 13.5. The summed E-state index contributed by atoms with van der Waals surface area (Å²) in [6.45, 7) is 0.0402. The van der Waals surface area contributed by atoms with Crippen LogP contribution >= 0.6 is 11.8 Å². The van der Waals surface area contributed by atoms with Gasteiger partial charge in [-0.25, -0.2) is 8.78 Å². The topological polar surface area (TPSA) is 68.0 Å². The molecule has 0 fully saturated rings. The van der Waals surface area contributed by atoms with Crippen LogP contribution in [0.3, 0.4) is 0 Å². The fourth-order valence-corrected chi connectivity index (χ4v) is 2.07. The first-order valence-electron chi connectivity index (χ1n) is 5.22. The van der Waals surface area contributed by atoms with Crippen LogP contribution in [-0.2, 0) is 11.3 Å². The molecule has 1 aromatic heterocycles. The number of benzene rings is 1. The van der Waals surface area contributed by atoms with Gasteiger partial charge in [0, 0.05) is 5.56 Å². The summed E-state index contributed by atoms with van der Waals surface area (Å²) in [5.74, 6) is -2.24. The monoisotopic (exact) mass is 285 g/mol. The van der Waals surface area contributed by atoms with Crippen molar-refractivity contribution in [3.05, 3.63) is 41.7 Å². The Morgan fingerprint density at radius 1 is 1.42 bits per heavy atom. The van der Waals surface area contributed by atoms with E-state index >= 15 is 0 Å². The van der Waals surface area contributed by atoms with E-state index in [2.05, 4.69) is 10.2 Å². The molecule has 5 nitrogen and oxygen atoms in total. The number of hydrogen-bond donors (Lipinski definition) is 1. The highest BCUT2D eigenvalue weighted by Crippen LogP contribution is 2.17. The van der Waals surface area contributed by atoms with E-state index in [0.717, 1.165) is 30.0 Å². The lowest BCUT2D eigenvalue weighted by atomic mass is 10.2. The molecule has 0 bridgehead atoms. The number of carboxylic acid groups (broad SMARTS) is 1. The highest BCUT2D eigenvalue weighted by Gasteiger charge is 2.10. The van der Waals surface area contributed by atoms with Gasteiger partial charge in [-0.3, -0.25) is 4.79 Å². The van der Waals surface area contributed by atoms with Crippen molar-refractivity contribution in [3.8, 4) is 0 Å². The first kappa shape index (κ1) is 13.5. The maximum Gasteiger partial charge on any atom is 0.313 e. The summed E-state index contributed by atoms with van der Waals surface area (Å²) >= 11 is 0.965. The van der Waals surface area contributed by atoms with Crippen LogP contribution in [0.25, 0.3) is 0 Å². The SMILES string of the molecule is O=C(O)CSc1nncn1Cc1cc(F)ccc1F. The third kappa shape index (κ3) is 3.50. The Bertz CT molecular complexity index is 603. The highest BCUT2D eigenvalue weighted by molar-refractivity contribution is 7.99. The van der Waals surface area contributed by atoms with Crippen LogP contribution in [0, 0.1) is 11.6 Å². The summed E-state index contributed by atoms with van der Waals surface area (Å²) in [6, 6.07) is 3.16. The Morgan fingerprint density at radius 3 is 2.95 bits per heavy atom. The first-order valence-corrected chi connectivity index (χ1v) is 6.21. The molecule has 2 aromatic rings. The lowest BCUT2D eigenvalue weighted by molar-refractivity contribution is -0.133. The third-order valence-corrected chi connectivity index (χ3v) is 3.22. The lowest BCUT2D eigenvalue weighted by Gasteiger charge is -2.06. The molecule has 0 atom stereocenters. The van der Waals surface area contributed by atoms with Gasteiger partial charge in [-0.05, 0) is 18.2 Å². The second-order valence-corrected chi connectivity index (χ2v) is 4.60. The van der Waals surface area contributed by atoms with Crippen LogP contribution in [0.4, 0.5) is 8.78 Å². The number of carboxylic acids is 1. The van der Waals surface area contributed by atoms with Gasteiger partial charge in [0.25, 0.3) is 0 Å². The molecular weight excluding hydrogens is 276 g/mol. The van der Waals surface area contributed by atoms with Gasteiger partial charge < -0.3 is 9.67 Å². The maximum atomic E-state index is 13.5. The average molecular weight is 285 g/mol. The fourth-order valence-electron chi connectivity index (χ4n) is 1.44. The van der Waals surface area contributed by atoms with Gasteiger partial charge in [0.05, 0.1) is 12.3 Å². The Morgan fingerprint density at radius 2 is 2.21 bits per heavy atom. The van der Waals surface area contributed by atoms with Gasteiger partial charge in [-0.15, -0.1) is 10.2 Å². The molecule has 0 aliphatic carbocycles. The van der Waals surface area contributed by atoms with Crippen molar-refractivity contribution in [1.29, 1.82) is 0 Å². The molecule has 1 aromatic carbocycles. The second kappa shape index (κ2) is 5.79. The first-order chi connectivity index (χ1) is 9.06. The van der Waals surface area contributed by atoms with E-state index in [9.17, 15) is 13.6 Å². The van der Waals surface area contributed by atoms with Gasteiger partial charge in [0.1, 0.15) is 18.0 Å². The zero-order valence-corrected chi connectivity index (χ0v) is 10.4. The van der Waals surface area contributed by atoms with E-state index in [4.69, 9.17) is 5.11 Å². The number of aromatic nitrogens is 3. The van der Waals surface area contributed by atoms with Gasteiger partial charge in [-0.2, -0.15) is 0 Å². The van der Waals surface area contributed by atoms with Crippen molar-refractivity contribution in [2.75, 3.05) is 5.75 Å². The molecule has 0 amide bonds. The van der Waals surface area contributed by atoms with Gasteiger partial charge in [-0.1, -0.05) is 11.8 Å². The minimum absolute atomic E-state index is 0.0402. The fraction of sp³-hybridized carbons (Fsp3) is 0.182. The summed E-state index contributed by atoms with van der Waals surface area (Å²) in [5, 5.41) is 16.3. The van der Waals surface area contributed by atoms with Crippen molar-refractivity contribution in [3.63, 3.8) is 0 Å². The number of nitrogens with zero attached hydrogens (tertiary/aromatic N) is 3. The summed E-state index contributed by atoms with van der Waals surface area (Å²) < 4.78 is 28.0. The molecule has 0 saturated heterocycles. The molecule has 8 heteroatoms. The van der Waals surface area contributed by atoms with E-state index in [1.807, 2.05) is 0 Å². The van der Waals surface area contributed by atoms with Gasteiger partial charge in [0.15, 0.2) is 5.16 Å². The van der Waals surface area contributed by atoms with Crippen molar-refractivity contribution in [1.82, 2.24) is 14.8 Å². The van der Waals surface area contributed by atoms with Crippen molar-refractivity contribution >= 4 is 17.7 Å². The lowest BCUT2D eigenvalue weighted by Crippen LogP contribution is -2.05. The summed E-state index contributed by atoms with van der Waals surface area (Å²) in [6.07, 6.45) is 1.34. The minimum atomic E-state index is -0.989. The number of halogens is 2. The Hall–Kier alpha value is -1.96. The van der Waals surface area contributed by atoms with Crippen LogP contribution in [-0.4, -0.2) is 31.6 Å². The molecule has 0 unspecified atom stereocenters. The standard InChI is InChI=1S/C11H9F2N3O2S/c12-8-1-2-9(13)7(3-8)4-16-6-14-15-11(16)19-5-10(17)18/h1-3,6H,4-5H2,(H,17,18). The molecule has 0 aliphatic heterocycles. The molecule has 19 heavy (non-hydrogen) atoms. The average Bonchev–Trinajstić information content (AvgIpc) is 2.79.